The molecular weight excluding hydrogens is 1090 g/mol. The first kappa shape index (κ1) is 60.4. The zero-order chi connectivity index (χ0) is 60.3. The molecule has 0 saturated heterocycles. The second kappa shape index (κ2) is 28.1. The molecule has 0 saturated carbocycles. The maximum absolute atomic E-state index is 5.02. The molecule has 0 radical (unpaired) electrons. The van der Waals surface area contributed by atoms with Gasteiger partial charge in [0.2, 0.25) is 0 Å². The second-order valence-electron chi connectivity index (χ2n) is 25.5. The first-order valence-corrected chi connectivity index (χ1v) is 34.3. The minimum atomic E-state index is -0.168. The highest BCUT2D eigenvalue weighted by molar-refractivity contribution is 7.00. The molecule has 4 nitrogen and oxygen atoms in total. The Hall–Kier alpha value is -7.86. The molecule has 2 aliphatic rings. The van der Waals surface area contributed by atoms with E-state index < -0.39 is 0 Å². The molecule has 3 heterocycles. The maximum Gasteiger partial charge on any atom is 0.113 e. The van der Waals surface area contributed by atoms with Crippen LogP contribution >= 0.6 is 11.7 Å². The molecule has 3 aromatic heterocycles. The van der Waals surface area contributed by atoms with E-state index in [2.05, 4.69) is 221 Å². The minimum Gasteiger partial charge on any atom is -0.265 e. The third-order valence-electron chi connectivity index (χ3n) is 19.7. The summed E-state index contributed by atoms with van der Waals surface area (Å²) >= 11 is 1.32. The van der Waals surface area contributed by atoms with Crippen molar-refractivity contribution < 1.29 is 0 Å². The van der Waals surface area contributed by atoms with Gasteiger partial charge in [-0.1, -0.05) is 257 Å². The molecule has 0 aliphatic heterocycles. The summed E-state index contributed by atoms with van der Waals surface area (Å²) in [6.07, 6.45) is 41.3. The fraction of sp³-hybridized carbons (Fsp3) is 0.325. The van der Waals surface area contributed by atoms with E-state index in [0.717, 1.165) is 46.1 Å². The van der Waals surface area contributed by atoms with Crippen molar-refractivity contribution in [2.24, 2.45) is 0 Å². The molecule has 0 unspecified atom stereocenters. The van der Waals surface area contributed by atoms with Crippen LogP contribution in [0.5, 0.6) is 0 Å². The molecule has 12 rings (SSSR count). The van der Waals surface area contributed by atoms with Crippen LogP contribution in [-0.2, 0) is 10.8 Å². The monoisotopic (exact) mass is 1170 g/mol. The fourth-order valence-corrected chi connectivity index (χ4v) is 15.6. The maximum atomic E-state index is 5.02. The van der Waals surface area contributed by atoms with E-state index in [1.807, 2.05) is 24.8 Å². The van der Waals surface area contributed by atoms with Gasteiger partial charge in [-0.05, 0) is 187 Å². The lowest BCUT2D eigenvalue weighted by Gasteiger charge is -2.33. The summed E-state index contributed by atoms with van der Waals surface area (Å²) in [6.45, 7) is 11.6. The average molecular weight is 1170 g/mol. The number of aromatic nitrogens is 4. The number of hydrogen-bond donors (Lipinski definition) is 0. The molecule has 0 bridgehead atoms. The zero-order valence-corrected chi connectivity index (χ0v) is 53.7. The quantitative estimate of drug-likeness (QED) is 0.0459. The largest absolute Gasteiger partial charge is 0.265 e. The summed E-state index contributed by atoms with van der Waals surface area (Å²) in [5, 5.41) is 0. The van der Waals surface area contributed by atoms with Gasteiger partial charge in [-0.3, -0.25) is 9.97 Å². The van der Waals surface area contributed by atoms with Gasteiger partial charge in [0.05, 0.1) is 11.7 Å². The zero-order valence-electron chi connectivity index (χ0n) is 52.9. The van der Waals surface area contributed by atoms with Crippen LogP contribution in [0.1, 0.15) is 206 Å². The SMILES string of the molecule is CCCCCCC1(CCCCCC)c2cc(C)ccc2-c2ccc(-c3cc(/C=C/c4ccncc4)c(-c4ccc5c(c4)C(CCCCCC)(CCCCCC)c4cc(-c6ccc(-c7ccccc7)c7nsnc67)ccc4-5)cc3/C=C/c3ccncc3)cc21. The van der Waals surface area contributed by atoms with Crippen molar-refractivity contribution in [3.63, 3.8) is 0 Å². The van der Waals surface area contributed by atoms with Crippen molar-refractivity contribution in [2.75, 3.05) is 0 Å². The van der Waals surface area contributed by atoms with Gasteiger partial charge in [0.25, 0.3) is 0 Å². The average Bonchev–Trinajstić information content (AvgIpc) is 1.61. The number of pyridine rings is 2. The van der Waals surface area contributed by atoms with Crippen LogP contribution in [-0.4, -0.2) is 18.7 Å². The van der Waals surface area contributed by atoms with E-state index in [1.165, 1.54) is 216 Å². The summed E-state index contributed by atoms with van der Waals surface area (Å²) in [4.78, 5) is 8.83. The summed E-state index contributed by atoms with van der Waals surface area (Å²) in [5.41, 5.74) is 29.1. The van der Waals surface area contributed by atoms with Crippen LogP contribution in [0.25, 0.3) is 102 Å². The lowest BCUT2D eigenvalue weighted by atomic mass is 9.69. The molecule has 0 fully saturated rings. The number of nitrogens with zero attached hydrogens (tertiary/aromatic N) is 4. The summed E-state index contributed by atoms with van der Waals surface area (Å²) in [7, 11) is 0. The molecule has 0 atom stereocenters. The Labute approximate surface area is 529 Å². The molecule has 2 aliphatic carbocycles. The molecule has 5 heteroatoms. The van der Waals surface area contributed by atoms with Crippen LogP contribution in [0.4, 0.5) is 0 Å². The van der Waals surface area contributed by atoms with Crippen molar-refractivity contribution in [2.45, 2.75) is 174 Å². The Kier molecular flexibility index (Phi) is 19.3. The molecule has 88 heavy (non-hydrogen) atoms. The van der Waals surface area contributed by atoms with Crippen molar-refractivity contribution in [3.8, 4) is 66.8 Å². The van der Waals surface area contributed by atoms with Gasteiger partial charge in [-0.15, -0.1) is 0 Å². The summed E-state index contributed by atoms with van der Waals surface area (Å²) < 4.78 is 9.96. The predicted molar refractivity (Wildman–Crippen MR) is 378 cm³/mol. The van der Waals surface area contributed by atoms with E-state index in [0.29, 0.717) is 0 Å². The molecule has 446 valence electrons. The highest BCUT2D eigenvalue weighted by Crippen LogP contribution is 2.58. The normalized spacial score (nSPS) is 13.6. The first-order valence-electron chi connectivity index (χ1n) is 33.6. The van der Waals surface area contributed by atoms with E-state index in [9.17, 15) is 0 Å². The third kappa shape index (κ3) is 12.5. The smallest absolute Gasteiger partial charge is 0.113 e. The molecule has 10 aromatic rings. The van der Waals surface area contributed by atoms with Gasteiger partial charge in [0.1, 0.15) is 11.0 Å². The van der Waals surface area contributed by atoms with Crippen molar-refractivity contribution in [1.29, 1.82) is 0 Å². The first-order chi connectivity index (χ1) is 43.4. The number of aryl methyl sites for hydroxylation is 1. The molecule has 0 spiro atoms. The number of fused-ring (bicyclic) bond motifs is 7. The third-order valence-corrected chi connectivity index (χ3v) is 20.2. The van der Waals surface area contributed by atoms with Crippen LogP contribution in [0.15, 0.2) is 176 Å². The van der Waals surface area contributed by atoms with Crippen molar-refractivity contribution in [3.05, 3.63) is 227 Å². The van der Waals surface area contributed by atoms with E-state index in [-0.39, 0.29) is 10.8 Å². The van der Waals surface area contributed by atoms with E-state index >= 15 is 0 Å². The second-order valence-corrected chi connectivity index (χ2v) is 26.0. The van der Waals surface area contributed by atoms with Crippen LogP contribution in [0.3, 0.4) is 0 Å². The highest BCUT2D eigenvalue weighted by atomic mass is 32.1. The Morgan fingerprint density at radius 2 is 0.693 bits per heavy atom. The van der Waals surface area contributed by atoms with Gasteiger partial charge in [0.15, 0.2) is 0 Å². The summed E-state index contributed by atoms with van der Waals surface area (Å²) in [6, 6.07) is 58.5. The van der Waals surface area contributed by atoms with Gasteiger partial charge in [-0.25, -0.2) is 0 Å². The number of unbranched alkanes of at least 4 members (excludes halogenated alkanes) is 12. The highest BCUT2D eigenvalue weighted by Gasteiger charge is 2.44. The van der Waals surface area contributed by atoms with Gasteiger partial charge < -0.3 is 0 Å². The van der Waals surface area contributed by atoms with Crippen molar-refractivity contribution >= 4 is 47.1 Å². The van der Waals surface area contributed by atoms with Gasteiger partial charge in [0, 0.05) is 46.7 Å². The molecule has 0 N–H and O–H groups in total. The van der Waals surface area contributed by atoms with E-state index in [1.54, 1.807) is 5.56 Å². The Bertz CT molecular complexity index is 4030. The Morgan fingerprint density at radius 1 is 0.330 bits per heavy atom. The minimum absolute atomic E-state index is 0.0369. The predicted octanol–water partition coefficient (Wildman–Crippen LogP) is 24.2. The number of hydrogen-bond acceptors (Lipinski definition) is 5. The van der Waals surface area contributed by atoms with Crippen molar-refractivity contribution in [1.82, 2.24) is 18.7 Å². The standard InChI is InChI=1S/C83H88N4S/c1-6-10-14-21-45-82(46-22-15-11-7-2)76-53-59(5)27-35-70(76)71-37-33-66(57-78(71)82)74-54-64(31-29-61-43-51-85-52-44-61)75(55-63(74)30-28-60-41-49-84-50-42-60)67-34-38-73-72-36-32-65(69-40-39-68(62-25-19-18-20-26-62)80-81(69)87-88-86-80)56-77(72)83(79(73)58-67,47-23-16-12-8-3)48-24-17-13-9-4/h18-20,25-44,49-58H,6-17,21-24,45-48H2,1-5H3/b30-28+,31-29+. The lowest BCUT2D eigenvalue weighted by Crippen LogP contribution is -2.25. The fourth-order valence-electron chi connectivity index (χ4n) is 15.0. The number of benzene rings is 7. The number of rotatable bonds is 28. The molecular formula is C83H88N4S. The Balaban J connectivity index is 1.04. The molecule has 0 amide bonds. The molecule has 7 aromatic carbocycles. The van der Waals surface area contributed by atoms with Crippen LogP contribution < -0.4 is 0 Å². The lowest BCUT2D eigenvalue weighted by molar-refractivity contribution is 0.401. The van der Waals surface area contributed by atoms with Crippen LogP contribution in [0, 0.1) is 6.92 Å². The summed E-state index contributed by atoms with van der Waals surface area (Å²) in [5.74, 6) is 0. The topological polar surface area (TPSA) is 51.6 Å². The van der Waals surface area contributed by atoms with Gasteiger partial charge >= 0.3 is 0 Å². The Morgan fingerprint density at radius 3 is 1.10 bits per heavy atom. The van der Waals surface area contributed by atoms with Gasteiger partial charge in [-0.2, -0.15) is 8.75 Å². The van der Waals surface area contributed by atoms with E-state index in [4.69, 9.17) is 8.75 Å². The van der Waals surface area contributed by atoms with Crippen LogP contribution in [0.2, 0.25) is 0 Å².